The number of hydrogen-bond donors (Lipinski definition) is 4. The van der Waals surface area contributed by atoms with Crippen molar-refractivity contribution in [1.82, 2.24) is 15.5 Å². The summed E-state index contributed by atoms with van der Waals surface area (Å²) in [5.74, 6) is -0.783. The fourth-order valence-electron chi connectivity index (χ4n) is 4.18. The normalized spacial score (nSPS) is 15.1. The SMILES string of the molecule is CCCCCCc1ccc(C(=O)NCC(=O)N2CCCC2C(=O)NCc2cc(C(=N)N)cs2)cc1. The standard InChI is InChI=1S/C26H35N5O3S/c1-2-3-4-5-7-18-9-11-19(12-10-18)25(33)30-16-23(32)31-13-6-8-22(31)26(34)29-15-21-14-20(17-35-21)24(27)28/h9-12,14,17,22H,2-8,13,15-16H2,1H3,(H3,27,28)(H,29,34)(H,30,33). The van der Waals surface area contributed by atoms with Gasteiger partial charge in [0.05, 0.1) is 13.1 Å². The molecule has 1 aliphatic rings. The molecule has 1 saturated heterocycles. The van der Waals surface area contributed by atoms with E-state index in [0.29, 0.717) is 30.6 Å². The molecule has 5 N–H and O–H groups in total. The number of amides is 3. The van der Waals surface area contributed by atoms with E-state index in [4.69, 9.17) is 11.1 Å². The van der Waals surface area contributed by atoms with Crippen LogP contribution in [-0.2, 0) is 22.6 Å². The Hall–Kier alpha value is -3.20. The summed E-state index contributed by atoms with van der Waals surface area (Å²) in [6.07, 6.45) is 7.14. The molecule has 0 aliphatic carbocycles. The van der Waals surface area contributed by atoms with Crippen molar-refractivity contribution in [2.75, 3.05) is 13.1 Å². The van der Waals surface area contributed by atoms with Crippen LogP contribution in [0.15, 0.2) is 35.7 Å². The Morgan fingerprint density at radius 1 is 1.11 bits per heavy atom. The predicted octanol–water partition coefficient (Wildman–Crippen LogP) is 3.19. The van der Waals surface area contributed by atoms with E-state index in [1.165, 1.54) is 36.2 Å². The van der Waals surface area contributed by atoms with Gasteiger partial charge in [-0.15, -0.1) is 11.3 Å². The smallest absolute Gasteiger partial charge is 0.251 e. The van der Waals surface area contributed by atoms with E-state index >= 15 is 0 Å². The Balaban J connectivity index is 1.45. The van der Waals surface area contributed by atoms with Crippen molar-refractivity contribution in [3.63, 3.8) is 0 Å². The lowest BCUT2D eigenvalue weighted by molar-refractivity contribution is -0.137. The average molecular weight is 498 g/mol. The summed E-state index contributed by atoms with van der Waals surface area (Å²) in [5.41, 5.74) is 7.84. The van der Waals surface area contributed by atoms with Crippen molar-refractivity contribution in [1.29, 1.82) is 5.41 Å². The van der Waals surface area contributed by atoms with Crippen LogP contribution in [0.2, 0.25) is 0 Å². The number of benzene rings is 1. The van der Waals surface area contributed by atoms with Gasteiger partial charge in [0.25, 0.3) is 5.91 Å². The van der Waals surface area contributed by atoms with Gasteiger partial charge in [-0.3, -0.25) is 19.8 Å². The van der Waals surface area contributed by atoms with Crippen LogP contribution in [0.1, 0.15) is 71.8 Å². The zero-order chi connectivity index (χ0) is 25.2. The van der Waals surface area contributed by atoms with E-state index in [9.17, 15) is 14.4 Å². The van der Waals surface area contributed by atoms with Crippen LogP contribution in [0.5, 0.6) is 0 Å². The minimum Gasteiger partial charge on any atom is -0.384 e. The molecule has 1 unspecified atom stereocenters. The molecular formula is C26H35N5O3S. The third-order valence-electron chi connectivity index (χ3n) is 6.21. The number of hydrogen-bond acceptors (Lipinski definition) is 5. The molecule has 1 aliphatic heterocycles. The largest absolute Gasteiger partial charge is 0.384 e. The van der Waals surface area contributed by atoms with Gasteiger partial charge in [0.2, 0.25) is 11.8 Å². The maximum absolute atomic E-state index is 12.8. The number of thiophene rings is 1. The number of carbonyl (C=O) groups is 3. The topological polar surface area (TPSA) is 128 Å². The number of aryl methyl sites for hydroxylation is 1. The highest BCUT2D eigenvalue weighted by Gasteiger charge is 2.33. The Morgan fingerprint density at radius 3 is 2.57 bits per heavy atom. The molecule has 3 rings (SSSR count). The zero-order valence-corrected chi connectivity index (χ0v) is 21.1. The molecule has 9 heteroatoms. The molecule has 2 aromatic rings. The summed E-state index contributed by atoms with van der Waals surface area (Å²) in [5, 5.41) is 14.8. The lowest BCUT2D eigenvalue weighted by atomic mass is 10.0. The second kappa shape index (κ2) is 13.0. The van der Waals surface area contributed by atoms with Crippen molar-refractivity contribution in [2.45, 2.75) is 64.5 Å². The molecule has 1 aromatic carbocycles. The van der Waals surface area contributed by atoms with Crippen LogP contribution in [0.4, 0.5) is 0 Å². The molecule has 0 spiro atoms. The molecule has 35 heavy (non-hydrogen) atoms. The van der Waals surface area contributed by atoms with Crippen LogP contribution >= 0.6 is 11.3 Å². The summed E-state index contributed by atoms with van der Waals surface area (Å²) in [4.78, 5) is 40.4. The molecule has 188 valence electrons. The molecule has 1 aromatic heterocycles. The molecule has 0 saturated carbocycles. The van der Waals surface area contributed by atoms with E-state index < -0.39 is 6.04 Å². The van der Waals surface area contributed by atoms with Gasteiger partial charge >= 0.3 is 0 Å². The zero-order valence-electron chi connectivity index (χ0n) is 20.3. The van der Waals surface area contributed by atoms with Crippen molar-refractivity contribution in [2.24, 2.45) is 5.73 Å². The lowest BCUT2D eigenvalue weighted by Gasteiger charge is -2.24. The van der Waals surface area contributed by atoms with Crippen LogP contribution in [-0.4, -0.2) is 47.6 Å². The molecule has 8 nitrogen and oxygen atoms in total. The molecular weight excluding hydrogens is 462 g/mol. The van der Waals surface area contributed by atoms with Gasteiger partial charge in [0.1, 0.15) is 11.9 Å². The van der Waals surface area contributed by atoms with Gasteiger partial charge in [-0.05, 0) is 49.4 Å². The van der Waals surface area contributed by atoms with E-state index in [2.05, 4.69) is 17.6 Å². The van der Waals surface area contributed by atoms with Crippen molar-refractivity contribution < 1.29 is 14.4 Å². The highest BCUT2D eigenvalue weighted by Crippen LogP contribution is 2.19. The molecule has 1 atom stereocenters. The fourth-order valence-corrected chi connectivity index (χ4v) is 5.01. The van der Waals surface area contributed by atoms with Gasteiger partial charge in [-0.2, -0.15) is 0 Å². The summed E-state index contributed by atoms with van der Waals surface area (Å²) in [6.45, 7) is 2.86. The first-order valence-electron chi connectivity index (χ1n) is 12.2. The number of carbonyl (C=O) groups excluding carboxylic acids is 3. The lowest BCUT2D eigenvalue weighted by Crippen LogP contribution is -2.48. The van der Waals surface area contributed by atoms with Crippen LogP contribution < -0.4 is 16.4 Å². The first-order chi connectivity index (χ1) is 16.9. The summed E-state index contributed by atoms with van der Waals surface area (Å²) >= 11 is 1.42. The number of likely N-dealkylation sites (tertiary alicyclic amines) is 1. The average Bonchev–Trinajstić information content (AvgIpc) is 3.54. The first kappa shape index (κ1) is 26.4. The third kappa shape index (κ3) is 7.65. The number of nitrogens with one attached hydrogen (secondary N) is 3. The first-order valence-corrected chi connectivity index (χ1v) is 13.1. The monoisotopic (exact) mass is 497 g/mol. The number of amidine groups is 1. The summed E-state index contributed by atoms with van der Waals surface area (Å²) in [7, 11) is 0. The van der Waals surface area contributed by atoms with Crippen molar-refractivity contribution in [3.05, 3.63) is 57.3 Å². The molecule has 2 heterocycles. The van der Waals surface area contributed by atoms with Gasteiger partial charge < -0.3 is 21.3 Å². The fraction of sp³-hybridized carbons (Fsp3) is 0.462. The Morgan fingerprint density at radius 2 is 1.89 bits per heavy atom. The number of nitrogen functional groups attached to an aromatic ring is 1. The van der Waals surface area contributed by atoms with Crippen molar-refractivity contribution in [3.8, 4) is 0 Å². The number of unbranched alkanes of at least 4 members (excludes halogenated alkanes) is 3. The van der Waals surface area contributed by atoms with Crippen LogP contribution in [0.3, 0.4) is 0 Å². The van der Waals surface area contributed by atoms with Crippen molar-refractivity contribution >= 4 is 34.9 Å². The summed E-state index contributed by atoms with van der Waals surface area (Å²) in [6, 6.07) is 8.76. The van der Waals surface area contributed by atoms with Gasteiger partial charge in [-0.1, -0.05) is 38.3 Å². The minimum atomic E-state index is -0.543. The van der Waals surface area contributed by atoms with Crippen LogP contribution in [0.25, 0.3) is 0 Å². The predicted molar refractivity (Wildman–Crippen MR) is 139 cm³/mol. The van der Waals surface area contributed by atoms with E-state index in [1.807, 2.05) is 12.1 Å². The number of nitrogens with zero attached hydrogens (tertiary/aromatic N) is 1. The Labute approximate surface area is 210 Å². The number of rotatable bonds is 12. The Kier molecular flexibility index (Phi) is 9.84. The minimum absolute atomic E-state index is 0.00760. The highest BCUT2D eigenvalue weighted by molar-refractivity contribution is 7.10. The second-order valence-corrected chi connectivity index (χ2v) is 9.86. The maximum atomic E-state index is 12.8. The number of nitrogens with two attached hydrogens (primary N) is 1. The third-order valence-corrected chi connectivity index (χ3v) is 7.15. The summed E-state index contributed by atoms with van der Waals surface area (Å²) < 4.78 is 0. The molecule has 1 fully saturated rings. The van der Waals surface area contributed by atoms with Gasteiger partial charge in [-0.25, -0.2) is 0 Å². The molecule has 3 amide bonds. The van der Waals surface area contributed by atoms with E-state index in [0.717, 1.165) is 24.1 Å². The van der Waals surface area contributed by atoms with Gasteiger partial charge in [0, 0.05) is 27.9 Å². The maximum Gasteiger partial charge on any atom is 0.251 e. The van der Waals surface area contributed by atoms with Crippen LogP contribution in [0, 0.1) is 5.41 Å². The molecule has 0 bridgehead atoms. The molecule has 0 radical (unpaired) electrons. The second-order valence-electron chi connectivity index (χ2n) is 8.87. The quantitative estimate of drug-likeness (QED) is 0.204. The van der Waals surface area contributed by atoms with E-state index in [-0.39, 0.29) is 30.1 Å². The Bertz CT molecular complexity index is 1030. The van der Waals surface area contributed by atoms with E-state index in [1.54, 1.807) is 28.5 Å². The van der Waals surface area contributed by atoms with Gasteiger partial charge in [0.15, 0.2) is 0 Å². The highest BCUT2D eigenvalue weighted by atomic mass is 32.1.